The van der Waals surface area contributed by atoms with Crippen molar-refractivity contribution in [2.24, 2.45) is 5.73 Å². The Balaban J connectivity index is 2.53. The van der Waals surface area contributed by atoms with Crippen molar-refractivity contribution in [2.75, 3.05) is 13.7 Å². The number of carbonyl (C=O) groups excluding carboxylic acids is 1. The highest BCUT2D eigenvalue weighted by Gasteiger charge is 2.19. The second-order valence-electron chi connectivity index (χ2n) is 3.51. The molecule has 6 nitrogen and oxygen atoms in total. The molecule has 3 N–H and O–H groups in total. The lowest BCUT2D eigenvalue weighted by Crippen LogP contribution is -2.49. The topological polar surface area (TPSA) is 90.4 Å². The molecular formula is C9H14IN3O3. The van der Waals surface area contributed by atoms with Crippen molar-refractivity contribution < 1.29 is 14.1 Å². The van der Waals surface area contributed by atoms with Crippen LogP contribution in [-0.2, 0) is 9.16 Å². The summed E-state index contributed by atoms with van der Waals surface area (Å²) in [6.45, 7) is 1.88. The molecule has 1 rings (SSSR count). The van der Waals surface area contributed by atoms with Gasteiger partial charge in [0.2, 0.25) is 0 Å². The third-order valence-electron chi connectivity index (χ3n) is 1.99. The Hall–Kier alpha value is -0.670. The lowest BCUT2D eigenvalue weighted by molar-refractivity contribution is 0.0124. The maximum absolute atomic E-state index is 11.6. The second-order valence-corrected chi connectivity index (χ2v) is 4.27. The summed E-state index contributed by atoms with van der Waals surface area (Å²) in [6, 6.07) is 1.60. The highest BCUT2D eigenvalue weighted by atomic mass is 127. The minimum atomic E-state index is -0.883. The average molecular weight is 339 g/mol. The number of aromatic nitrogens is 1. The highest BCUT2D eigenvalue weighted by Crippen LogP contribution is 2.08. The van der Waals surface area contributed by atoms with Crippen LogP contribution in [0, 0.1) is 0 Å². The van der Waals surface area contributed by atoms with Crippen molar-refractivity contribution in [1.82, 2.24) is 10.5 Å². The first-order chi connectivity index (χ1) is 7.48. The van der Waals surface area contributed by atoms with Crippen LogP contribution in [0.25, 0.3) is 0 Å². The number of hydrogen-bond donors (Lipinski definition) is 2. The van der Waals surface area contributed by atoms with E-state index < -0.39 is 5.72 Å². The lowest BCUT2D eigenvalue weighted by atomic mass is 10.2. The van der Waals surface area contributed by atoms with Crippen LogP contribution in [0.1, 0.15) is 23.2 Å². The van der Waals surface area contributed by atoms with Crippen molar-refractivity contribution in [2.45, 2.75) is 17.1 Å². The third-order valence-corrected chi connectivity index (χ3v) is 2.74. The molecule has 7 heteroatoms. The highest BCUT2D eigenvalue weighted by molar-refractivity contribution is 14.1. The van der Waals surface area contributed by atoms with Crippen LogP contribution in [0.3, 0.4) is 0 Å². The van der Waals surface area contributed by atoms with Crippen LogP contribution >= 0.6 is 22.6 Å². The number of ether oxygens (including phenoxy) is 1. The lowest BCUT2D eigenvalue weighted by Gasteiger charge is -2.22. The number of amides is 1. The van der Waals surface area contributed by atoms with Gasteiger partial charge in [-0.1, -0.05) is 27.7 Å². The molecule has 0 aromatic carbocycles. The van der Waals surface area contributed by atoms with Gasteiger partial charge in [0.1, 0.15) is 11.5 Å². The molecule has 1 aromatic heterocycles. The predicted molar refractivity (Wildman–Crippen MR) is 66.2 cm³/mol. The second kappa shape index (κ2) is 5.60. The van der Waals surface area contributed by atoms with E-state index in [4.69, 9.17) is 15.0 Å². The van der Waals surface area contributed by atoms with Gasteiger partial charge in [-0.05, 0) is 6.92 Å². The number of carbonyl (C=O) groups is 1. The number of hydrogen-bond acceptors (Lipinski definition) is 5. The maximum atomic E-state index is 11.6. The fraction of sp³-hybridized carbons (Fsp3) is 0.556. The van der Waals surface area contributed by atoms with Gasteiger partial charge in [-0.3, -0.25) is 4.79 Å². The van der Waals surface area contributed by atoms with Crippen LogP contribution in [0.5, 0.6) is 0 Å². The Morgan fingerprint density at radius 1 is 1.81 bits per heavy atom. The fourth-order valence-corrected chi connectivity index (χ4v) is 1.26. The van der Waals surface area contributed by atoms with Crippen LogP contribution in [-0.4, -0.2) is 30.4 Å². The molecule has 0 aliphatic rings. The number of alkyl halides is 1. The first kappa shape index (κ1) is 13.4. The van der Waals surface area contributed by atoms with Crippen LogP contribution in [0.4, 0.5) is 0 Å². The standard InChI is InChI=1S/C9H14IN3O3/c1-9(11,15-2)5-12-8(14)7-3-6(4-10)16-13-7/h3H,4-5,11H2,1-2H3,(H,12,14). The SMILES string of the molecule is COC(C)(N)CNC(=O)c1cc(CI)on1. The summed E-state index contributed by atoms with van der Waals surface area (Å²) < 4.78 is 10.6. The number of rotatable bonds is 5. The van der Waals surface area contributed by atoms with Crippen LogP contribution in [0.15, 0.2) is 10.6 Å². The number of nitrogens with zero attached hydrogens (tertiary/aromatic N) is 1. The van der Waals surface area contributed by atoms with Gasteiger partial charge >= 0.3 is 0 Å². The summed E-state index contributed by atoms with van der Waals surface area (Å²) in [4.78, 5) is 11.6. The first-order valence-electron chi connectivity index (χ1n) is 4.62. The van der Waals surface area contributed by atoms with Gasteiger partial charge in [0.15, 0.2) is 5.69 Å². The Labute approximate surface area is 107 Å². The summed E-state index contributed by atoms with van der Waals surface area (Å²) in [6.07, 6.45) is 0. The zero-order valence-corrected chi connectivity index (χ0v) is 11.3. The molecule has 90 valence electrons. The van der Waals surface area contributed by atoms with E-state index in [0.717, 1.165) is 0 Å². The van der Waals surface area contributed by atoms with Gasteiger partial charge in [0.25, 0.3) is 5.91 Å². The molecule has 0 aliphatic heterocycles. The summed E-state index contributed by atoms with van der Waals surface area (Å²) >= 11 is 2.12. The third kappa shape index (κ3) is 3.72. The van der Waals surface area contributed by atoms with E-state index in [9.17, 15) is 4.79 Å². The Morgan fingerprint density at radius 3 is 3.00 bits per heavy atom. The largest absolute Gasteiger partial charge is 0.363 e. The summed E-state index contributed by atoms with van der Waals surface area (Å²) in [5.41, 5.74) is 5.06. The molecule has 0 bridgehead atoms. The van der Waals surface area contributed by atoms with Crippen molar-refractivity contribution in [3.05, 3.63) is 17.5 Å². The molecule has 0 saturated heterocycles. The molecule has 0 fully saturated rings. The zero-order chi connectivity index (χ0) is 12.2. The summed E-state index contributed by atoms with van der Waals surface area (Å²) in [5.74, 6) is 0.335. The normalized spacial score (nSPS) is 14.5. The molecule has 0 spiro atoms. The smallest absolute Gasteiger partial charge is 0.273 e. The molecule has 0 radical (unpaired) electrons. The summed E-state index contributed by atoms with van der Waals surface area (Å²) in [7, 11) is 1.48. The van der Waals surface area contributed by atoms with Gasteiger partial charge in [0.05, 0.1) is 11.0 Å². The molecule has 0 saturated carbocycles. The molecule has 16 heavy (non-hydrogen) atoms. The van der Waals surface area contributed by atoms with Crippen molar-refractivity contribution in [3.8, 4) is 0 Å². The summed E-state index contributed by atoms with van der Waals surface area (Å²) in [5, 5.41) is 6.25. The van der Waals surface area contributed by atoms with Crippen LogP contribution in [0.2, 0.25) is 0 Å². The van der Waals surface area contributed by atoms with Crippen LogP contribution < -0.4 is 11.1 Å². The molecule has 1 unspecified atom stereocenters. The van der Waals surface area contributed by atoms with E-state index in [1.807, 2.05) is 0 Å². The average Bonchev–Trinajstić information content (AvgIpc) is 2.74. The van der Waals surface area contributed by atoms with E-state index in [1.54, 1.807) is 13.0 Å². The molecule has 1 aromatic rings. The molecule has 1 amide bonds. The Morgan fingerprint density at radius 2 is 2.50 bits per heavy atom. The number of nitrogens with two attached hydrogens (primary N) is 1. The number of nitrogens with one attached hydrogen (secondary N) is 1. The van der Waals surface area contributed by atoms with E-state index >= 15 is 0 Å². The van der Waals surface area contributed by atoms with Crippen molar-refractivity contribution in [3.63, 3.8) is 0 Å². The van der Waals surface area contributed by atoms with E-state index in [0.29, 0.717) is 10.2 Å². The molecular weight excluding hydrogens is 325 g/mol. The quantitative estimate of drug-likeness (QED) is 0.467. The predicted octanol–water partition coefficient (Wildman–Crippen LogP) is 0.661. The Kier molecular flexibility index (Phi) is 4.69. The van der Waals surface area contributed by atoms with E-state index in [-0.39, 0.29) is 18.1 Å². The van der Waals surface area contributed by atoms with E-state index in [1.165, 1.54) is 7.11 Å². The fourth-order valence-electron chi connectivity index (χ4n) is 0.901. The monoisotopic (exact) mass is 339 g/mol. The Bertz CT molecular complexity index is 365. The molecule has 1 heterocycles. The number of halogens is 1. The first-order valence-corrected chi connectivity index (χ1v) is 6.15. The zero-order valence-electron chi connectivity index (χ0n) is 9.12. The van der Waals surface area contributed by atoms with Gasteiger partial charge < -0.3 is 20.3 Å². The molecule has 1 atom stereocenters. The minimum Gasteiger partial charge on any atom is -0.363 e. The minimum absolute atomic E-state index is 0.203. The van der Waals surface area contributed by atoms with Gasteiger partial charge in [-0.15, -0.1) is 0 Å². The molecule has 0 aliphatic carbocycles. The van der Waals surface area contributed by atoms with Crippen molar-refractivity contribution in [1.29, 1.82) is 0 Å². The van der Waals surface area contributed by atoms with Gasteiger partial charge in [0, 0.05) is 13.2 Å². The van der Waals surface area contributed by atoms with E-state index in [2.05, 4.69) is 33.1 Å². The van der Waals surface area contributed by atoms with Gasteiger partial charge in [-0.25, -0.2) is 0 Å². The maximum Gasteiger partial charge on any atom is 0.273 e. The number of methoxy groups -OCH3 is 1. The van der Waals surface area contributed by atoms with Gasteiger partial charge in [-0.2, -0.15) is 0 Å². The van der Waals surface area contributed by atoms with Crippen molar-refractivity contribution >= 4 is 28.5 Å².